The van der Waals surface area contributed by atoms with E-state index < -0.39 is 0 Å². The summed E-state index contributed by atoms with van der Waals surface area (Å²) < 4.78 is 4.64. The number of amides is 1. The summed E-state index contributed by atoms with van der Waals surface area (Å²) in [4.78, 5) is 24.7. The number of hydrogen-bond acceptors (Lipinski definition) is 3. The molecule has 2 atom stereocenters. The second-order valence-corrected chi connectivity index (χ2v) is 4.67. The normalized spacial score (nSPS) is 20.1. The van der Waals surface area contributed by atoms with Gasteiger partial charge in [-0.05, 0) is 18.8 Å². The average Bonchev–Trinajstić information content (AvgIpc) is 2.80. The Bertz CT molecular complexity index is 312. The van der Waals surface area contributed by atoms with Crippen LogP contribution in [0.4, 0.5) is 0 Å². The van der Waals surface area contributed by atoms with Gasteiger partial charge in [0.15, 0.2) is 0 Å². The number of carbonyl (C=O) groups is 2. The number of carbonyl (C=O) groups excluding carboxylic acids is 2. The Morgan fingerprint density at radius 2 is 2.24 bits per heavy atom. The molecule has 0 aromatic carbocycles. The smallest absolute Gasteiger partial charge is 0.310 e. The standard InChI is InChI=1S/C13H21NO3/c1-10(13(16)17-3)9-14(2)12(15)8-11-6-4-5-7-11/h4,6,10-11H,5,7-9H2,1-3H3. The van der Waals surface area contributed by atoms with Gasteiger partial charge in [-0.3, -0.25) is 9.59 Å². The molecule has 4 heteroatoms. The minimum absolute atomic E-state index is 0.0947. The highest BCUT2D eigenvalue weighted by Gasteiger charge is 2.21. The van der Waals surface area contributed by atoms with Crippen LogP contribution in [0.25, 0.3) is 0 Å². The molecule has 2 unspecified atom stereocenters. The fourth-order valence-electron chi connectivity index (χ4n) is 2.03. The van der Waals surface area contributed by atoms with Crippen molar-refractivity contribution in [3.05, 3.63) is 12.2 Å². The number of methoxy groups -OCH3 is 1. The van der Waals surface area contributed by atoms with Gasteiger partial charge in [0.25, 0.3) is 0 Å². The van der Waals surface area contributed by atoms with Gasteiger partial charge in [0, 0.05) is 20.0 Å². The van der Waals surface area contributed by atoms with Crippen LogP contribution in [-0.2, 0) is 14.3 Å². The summed E-state index contributed by atoms with van der Waals surface area (Å²) in [7, 11) is 3.10. The van der Waals surface area contributed by atoms with E-state index in [4.69, 9.17) is 0 Å². The molecule has 1 aliphatic carbocycles. The van der Waals surface area contributed by atoms with Gasteiger partial charge in [-0.15, -0.1) is 0 Å². The fraction of sp³-hybridized carbons (Fsp3) is 0.692. The van der Waals surface area contributed by atoms with Gasteiger partial charge in [0.1, 0.15) is 0 Å². The Labute approximate surface area is 103 Å². The molecule has 0 bridgehead atoms. The first kappa shape index (κ1) is 13.7. The lowest BCUT2D eigenvalue weighted by atomic mass is 10.0. The monoisotopic (exact) mass is 239 g/mol. The SMILES string of the molecule is COC(=O)C(C)CN(C)C(=O)CC1C=CCC1. The molecule has 0 aliphatic heterocycles. The van der Waals surface area contributed by atoms with E-state index in [2.05, 4.69) is 16.9 Å². The maximum absolute atomic E-state index is 11.9. The molecule has 0 saturated heterocycles. The molecule has 0 aromatic rings. The molecule has 0 heterocycles. The van der Waals surface area contributed by atoms with Crippen molar-refractivity contribution in [2.45, 2.75) is 26.2 Å². The lowest BCUT2D eigenvalue weighted by molar-refractivity contribution is -0.146. The fourth-order valence-corrected chi connectivity index (χ4v) is 2.03. The van der Waals surface area contributed by atoms with Crippen LogP contribution in [0.5, 0.6) is 0 Å². The zero-order chi connectivity index (χ0) is 12.8. The molecular weight excluding hydrogens is 218 g/mol. The summed E-state index contributed by atoms with van der Waals surface area (Å²) in [5.74, 6) is -0.0748. The average molecular weight is 239 g/mol. The molecule has 1 amide bonds. The summed E-state index contributed by atoms with van der Waals surface area (Å²) in [6.07, 6.45) is 6.90. The minimum Gasteiger partial charge on any atom is -0.469 e. The molecule has 0 fully saturated rings. The van der Waals surface area contributed by atoms with E-state index in [-0.39, 0.29) is 17.8 Å². The lowest BCUT2D eigenvalue weighted by Crippen LogP contribution is -2.34. The molecule has 1 rings (SSSR count). The number of allylic oxidation sites excluding steroid dienone is 2. The quantitative estimate of drug-likeness (QED) is 0.541. The van der Waals surface area contributed by atoms with Crippen molar-refractivity contribution in [1.82, 2.24) is 4.90 Å². The van der Waals surface area contributed by atoms with Crippen molar-refractivity contribution in [3.63, 3.8) is 0 Å². The van der Waals surface area contributed by atoms with Crippen molar-refractivity contribution < 1.29 is 14.3 Å². The summed E-state index contributed by atoms with van der Waals surface area (Å²) in [6.45, 7) is 2.19. The van der Waals surface area contributed by atoms with Crippen LogP contribution in [0.2, 0.25) is 0 Å². The summed E-state index contributed by atoms with van der Waals surface area (Å²) in [5, 5.41) is 0. The number of nitrogens with zero attached hydrogens (tertiary/aromatic N) is 1. The van der Waals surface area contributed by atoms with Gasteiger partial charge >= 0.3 is 5.97 Å². The zero-order valence-electron chi connectivity index (χ0n) is 10.8. The molecule has 0 radical (unpaired) electrons. The van der Waals surface area contributed by atoms with Crippen molar-refractivity contribution in [2.75, 3.05) is 20.7 Å². The molecule has 17 heavy (non-hydrogen) atoms. The van der Waals surface area contributed by atoms with Gasteiger partial charge in [-0.1, -0.05) is 19.1 Å². The largest absolute Gasteiger partial charge is 0.469 e. The summed E-state index contributed by atoms with van der Waals surface area (Å²) >= 11 is 0. The molecule has 0 N–H and O–H groups in total. The van der Waals surface area contributed by atoms with Crippen LogP contribution in [0.3, 0.4) is 0 Å². The van der Waals surface area contributed by atoms with Crippen LogP contribution in [-0.4, -0.2) is 37.5 Å². The maximum atomic E-state index is 11.9. The van der Waals surface area contributed by atoms with E-state index in [0.29, 0.717) is 18.9 Å². The first-order valence-electron chi connectivity index (χ1n) is 6.03. The maximum Gasteiger partial charge on any atom is 0.310 e. The molecule has 0 spiro atoms. The molecule has 4 nitrogen and oxygen atoms in total. The predicted octanol–water partition coefficient (Wildman–Crippen LogP) is 1.61. The number of esters is 1. The van der Waals surface area contributed by atoms with Gasteiger partial charge in [-0.2, -0.15) is 0 Å². The molecule has 96 valence electrons. The molecule has 0 aromatic heterocycles. The third kappa shape index (κ3) is 4.21. The highest BCUT2D eigenvalue weighted by atomic mass is 16.5. The van der Waals surface area contributed by atoms with Crippen LogP contribution in [0.1, 0.15) is 26.2 Å². The van der Waals surface area contributed by atoms with E-state index in [1.807, 2.05) is 0 Å². The molecular formula is C13H21NO3. The lowest BCUT2D eigenvalue weighted by Gasteiger charge is -2.21. The Morgan fingerprint density at radius 3 is 2.76 bits per heavy atom. The van der Waals surface area contributed by atoms with Crippen LogP contribution in [0.15, 0.2) is 12.2 Å². The van der Waals surface area contributed by atoms with E-state index in [0.717, 1.165) is 12.8 Å². The van der Waals surface area contributed by atoms with Crippen LogP contribution in [0, 0.1) is 11.8 Å². The zero-order valence-corrected chi connectivity index (χ0v) is 10.8. The van der Waals surface area contributed by atoms with E-state index >= 15 is 0 Å². The van der Waals surface area contributed by atoms with Gasteiger partial charge in [0.2, 0.25) is 5.91 Å². The second kappa shape index (κ2) is 6.42. The Kier molecular flexibility index (Phi) is 5.19. The van der Waals surface area contributed by atoms with Gasteiger partial charge < -0.3 is 9.64 Å². The first-order valence-corrected chi connectivity index (χ1v) is 6.03. The number of rotatable bonds is 5. The highest BCUT2D eigenvalue weighted by Crippen LogP contribution is 2.21. The van der Waals surface area contributed by atoms with Crippen LogP contribution < -0.4 is 0 Å². The Balaban J connectivity index is 2.35. The van der Waals surface area contributed by atoms with Gasteiger partial charge in [0.05, 0.1) is 13.0 Å². The molecule has 1 aliphatic rings. The van der Waals surface area contributed by atoms with E-state index in [1.54, 1.807) is 18.9 Å². The topological polar surface area (TPSA) is 46.6 Å². The van der Waals surface area contributed by atoms with E-state index in [9.17, 15) is 9.59 Å². The molecule has 0 saturated carbocycles. The summed E-state index contributed by atoms with van der Waals surface area (Å²) in [5.41, 5.74) is 0. The van der Waals surface area contributed by atoms with Crippen molar-refractivity contribution in [1.29, 1.82) is 0 Å². The van der Waals surface area contributed by atoms with Crippen molar-refractivity contribution in [2.24, 2.45) is 11.8 Å². The summed E-state index contributed by atoms with van der Waals surface area (Å²) in [6, 6.07) is 0. The third-order valence-electron chi connectivity index (χ3n) is 3.13. The Hall–Kier alpha value is -1.32. The highest BCUT2D eigenvalue weighted by molar-refractivity contribution is 5.78. The second-order valence-electron chi connectivity index (χ2n) is 4.67. The third-order valence-corrected chi connectivity index (χ3v) is 3.13. The van der Waals surface area contributed by atoms with Crippen molar-refractivity contribution >= 4 is 11.9 Å². The Morgan fingerprint density at radius 1 is 1.53 bits per heavy atom. The van der Waals surface area contributed by atoms with Crippen LogP contribution >= 0.6 is 0 Å². The first-order chi connectivity index (χ1) is 8.04. The number of ether oxygens (including phenoxy) is 1. The number of hydrogen-bond donors (Lipinski definition) is 0. The predicted molar refractivity (Wildman–Crippen MR) is 65.3 cm³/mol. The van der Waals surface area contributed by atoms with Crippen molar-refractivity contribution in [3.8, 4) is 0 Å². The van der Waals surface area contributed by atoms with Gasteiger partial charge in [-0.25, -0.2) is 0 Å². The minimum atomic E-state index is -0.273. The van der Waals surface area contributed by atoms with E-state index in [1.165, 1.54) is 7.11 Å².